The second-order valence-electron chi connectivity index (χ2n) is 3.69. The molecule has 0 amide bonds. The van der Waals surface area contributed by atoms with Gasteiger partial charge in [0, 0.05) is 6.54 Å². The van der Waals surface area contributed by atoms with Crippen LogP contribution in [0.5, 0.6) is 5.75 Å². The monoisotopic (exact) mass is 223 g/mol. The molecule has 0 aliphatic rings. The first-order valence-electron chi connectivity index (χ1n) is 5.22. The highest BCUT2D eigenvalue weighted by Gasteiger charge is 2.00. The quantitative estimate of drug-likeness (QED) is 0.715. The molecule has 0 saturated heterocycles. The summed E-state index contributed by atoms with van der Waals surface area (Å²) in [5.74, 6) is 0.00358. The zero-order chi connectivity index (χ0) is 12.0. The number of aryl methyl sites for hydroxylation is 2. The van der Waals surface area contributed by atoms with E-state index in [1.54, 1.807) is 0 Å². The lowest BCUT2D eigenvalue weighted by Gasteiger charge is -2.09. The number of benzene rings is 1. The van der Waals surface area contributed by atoms with Crippen LogP contribution in [0.15, 0.2) is 18.2 Å². The molecule has 0 aromatic heterocycles. The summed E-state index contributed by atoms with van der Waals surface area (Å²) in [7, 11) is 0. The predicted molar refractivity (Wildman–Crippen MR) is 61.9 cm³/mol. The maximum Gasteiger partial charge on any atom is 0.317 e. The third kappa shape index (κ3) is 4.31. The van der Waals surface area contributed by atoms with Gasteiger partial charge in [0.05, 0.1) is 6.54 Å². The molecule has 0 fully saturated rings. The fourth-order valence-electron chi connectivity index (χ4n) is 1.29. The number of nitrogens with one attached hydrogen (secondary N) is 1. The molecule has 4 nitrogen and oxygen atoms in total. The van der Waals surface area contributed by atoms with Gasteiger partial charge < -0.3 is 15.2 Å². The van der Waals surface area contributed by atoms with Crippen LogP contribution >= 0.6 is 0 Å². The van der Waals surface area contributed by atoms with Crippen molar-refractivity contribution in [1.29, 1.82) is 0 Å². The molecule has 0 spiro atoms. The molecule has 0 saturated carbocycles. The van der Waals surface area contributed by atoms with Gasteiger partial charge in [-0.2, -0.15) is 0 Å². The lowest BCUT2D eigenvalue weighted by Crippen LogP contribution is -2.27. The van der Waals surface area contributed by atoms with Crippen LogP contribution in [0.1, 0.15) is 11.1 Å². The van der Waals surface area contributed by atoms with Gasteiger partial charge in [-0.05, 0) is 31.0 Å². The molecule has 0 aliphatic carbocycles. The first-order chi connectivity index (χ1) is 7.59. The number of rotatable bonds is 6. The van der Waals surface area contributed by atoms with Crippen LogP contribution in [0.2, 0.25) is 0 Å². The molecule has 0 radical (unpaired) electrons. The lowest BCUT2D eigenvalue weighted by atomic mass is 10.1. The third-order valence-corrected chi connectivity index (χ3v) is 2.16. The van der Waals surface area contributed by atoms with Crippen molar-refractivity contribution >= 4 is 5.97 Å². The predicted octanol–water partition coefficient (Wildman–Crippen LogP) is 1.36. The number of carboxylic acids is 1. The van der Waals surface area contributed by atoms with Crippen LogP contribution in [-0.2, 0) is 4.79 Å². The van der Waals surface area contributed by atoms with E-state index in [2.05, 4.69) is 5.32 Å². The van der Waals surface area contributed by atoms with E-state index in [0.29, 0.717) is 13.2 Å². The van der Waals surface area contributed by atoms with Gasteiger partial charge in [-0.1, -0.05) is 12.1 Å². The van der Waals surface area contributed by atoms with Gasteiger partial charge >= 0.3 is 5.97 Å². The van der Waals surface area contributed by atoms with Gasteiger partial charge in [-0.15, -0.1) is 0 Å². The molecule has 16 heavy (non-hydrogen) atoms. The Morgan fingerprint density at radius 1 is 1.44 bits per heavy atom. The third-order valence-electron chi connectivity index (χ3n) is 2.16. The zero-order valence-electron chi connectivity index (χ0n) is 9.62. The first kappa shape index (κ1) is 12.5. The number of ether oxygens (including phenoxy) is 1. The van der Waals surface area contributed by atoms with Crippen molar-refractivity contribution < 1.29 is 14.6 Å². The lowest BCUT2D eigenvalue weighted by molar-refractivity contribution is -0.135. The Bertz CT molecular complexity index is 363. The molecule has 2 N–H and O–H groups in total. The Labute approximate surface area is 95.2 Å². The molecular formula is C12H17NO3. The summed E-state index contributed by atoms with van der Waals surface area (Å²) >= 11 is 0. The van der Waals surface area contributed by atoms with E-state index in [9.17, 15) is 4.79 Å². The Morgan fingerprint density at radius 2 is 2.19 bits per heavy atom. The fraction of sp³-hybridized carbons (Fsp3) is 0.417. The SMILES string of the molecule is Cc1ccc(C)c(OCCNCC(=O)O)c1. The highest BCUT2D eigenvalue weighted by Crippen LogP contribution is 2.18. The van der Waals surface area contributed by atoms with Crippen molar-refractivity contribution in [3.05, 3.63) is 29.3 Å². The first-order valence-corrected chi connectivity index (χ1v) is 5.22. The van der Waals surface area contributed by atoms with E-state index >= 15 is 0 Å². The molecule has 0 aliphatic heterocycles. The molecule has 0 heterocycles. The average Bonchev–Trinajstić information content (AvgIpc) is 2.22. The van der Waals surface area contributed by atoms with Crippen molar-refractivity contribution in [1.82, 2.24) is 5.32 Å². The average molecular weight is 223 g/mol. The van der Waals surface area contributed by atoms with Gasteiger partial charge in [-0.25, -0.2) is 0 Å². The largest absolute Gasteiger partial charge is 0.492 e. The van der Waals surface area contributed by atoms with Gasteiger partial charge in [0.25, 0.3) is 0 Å². The summed E-state index contributed by atoms with van der Waals surface area (Å²) < 4.78 is 5.54. The summed E-state index contributed by atoms with van der Waals surface area (Å²) in [4.78, 5) is 10.2. The maximum absolute atomic E-state index is 10.2. The number of carbonyl (C=O) groups is 1. The minimum Gasteiger partial charge on any atom is -0.492 e. The minimum atomic E-state index is -0.855. The smallest absolute Gasteiger partial charge is 0.317 e. The molecule has 0 atom stereocenters. The van der Waals surface area contributed by atoms with Crippen molar-refractivity contribution in [2.45, 2.75) is 13.8 Å². The van der Waals surface area contributed by atoms with Gasteiger partial charge in [0.2, 0.25) is 0 Å². The highest BCUT2D eigenvalue weighted by molar-refractivity contribution is 5.68. The van der Waals surface area contributed by atoms with Crippen LogP contribution in [0.25, 0.3) is 0 Å². The van der Waals surface area contributed by atoms with E-state index in [-0.39, 0.29) is 6.54 Å². The van der Waals surface area contributed by atoms with E-state index in [1.807, 2.05) is 32.0 Å². The Morgan fingerprint density at radius 3 is 2.88 bits per heavy atom. The number of aliphatic carboxylic acids is 1. The van der Waals surface area contributed by atoms with Crippen LogP contribution < -0.4 is 10.1 Å². The fourth-order valence-corrected chi connectivity index (χ4v) is 1.29. The minimum absolute atomic E-state index is 0.0316. The second kappa shape index (κ2) is 6.12. The van der Waals surface area contributed by atoms with Crippen molar-refractivity contribution in [2.24, 2.45) is 0 Å². The molecule has 0 bridgehead atoms. The summed E-state index contributed by atoms with van der Waals surface area (Å²) in [5, 5.41) is 11.2. The molecular weight excluding hydrogens is 206 g/mol. The normalized spacial score (nSPS) is 10.1. The second-order valence-corrected chi connectivity index (χ2v) is 3.69. The van der Waals surface area contributed by atoms with Crippen LogP contribution in [-0.4, -0.2) is 30.8 Å². The summed E-state index contributed by atoms with van der Waals surface area (Å²) in [6, 6.07) is 6.02. The molecule has 0 unspecified atom stereocenters. The van der Waals surface area contributed by atoms with Gasteiger partial charge in [-0.3, -0.25) is 4.79 Å². The van der Waals surface area contributed by atoms with E-state index in [1.165, 1.54) is 0 Å². The van der Waals surface area contributed by atoms with E-state index < -0.39 is 5.97 Å². The van der Waals surface area contributed by atoms with Crippen LogP contribution in [0.3, 0.4) is 0 Å². The van der Waals surface area contributed by atoms with E-state index in [4.69, 9.17) is 9.84 Å². The summed E-state index contributed by atoms with van der Waals surface area (Å²) in [6.07, 6.45) is 0. The zero-order valence-corrected chi connectivity index (χ0v) is 9.62. The van der Waals surface area contributed by atoms with Crippen molar-refractivity contribution in [3.63, 3.8) is 0 Å². The number of hydrogen-bond acceptors (Lipinski definition) is 3. The van der Waals surface area contributed by atoms with Gasteiger partial charge in [0.15, 0.2) is 0 Å². The van der Waals surface area contributed by atoms with E-state index in [0.717, 1.165) is 16.9 Å². The number of carboxylic acid groups (broad SMARTS) is 1. The molecule has 1 aromatic rings. The summed E-state index contributed by atoms with van der Waals surface area (Å²) in [5.41, 5.74) is 2.24. The maximum atomic E-state index is 10.2. The van der Waals surface area contributed by atoms with Crippen LogP contribution in [0.4, 0.5) is 0 Å². The van der Waals surface area contributed by atoms with Crippen LogP contribution in [0, 0.1) is 13.8 Å². The topological polar surface area (TPSA) is 58.6 Å². The molecule has 88 valence electrons. The summed E-state index contributed by atoms with van der Waals surface area (Å²) in [6.45, 7) is 4.96. The van der Waals surface area contributed by atoms with Crippen molar-refractivity contribution in [2.75, 3.05) is 19.7 Å². The molecule has 1 rings (SSSR count). The Balaban J connectivity index is 2.31. The Kier molecular flexibility index (Phi) is 4.79. The number of hydrogen-bond donors (Lipinski definition) is 2. The highest BCUT2D eigenvalue weighted by atomic mass is 16.5. The Hall–Kier alpha value is -1.55. The molecule has 1 aromatic carbocycles. The standard InChI is InChI=1S/C12H17NO3/c1-9-3-4-10(2)11(7-9)16-6-5-13-8-12(14)15/h3-4,7,13H,5-6,8H2,1-2H3,(H,14,15). The van der Waals surface area contributed by atoms with Crippen molar-refractivity contribution in [3.8, 4) is 5.75 Å². The molecule has 4 heteroatoms. The van der Waals surface area contributed by atoms with Gasteiger partial charge in [0.1, 0.15) is 12.4 Å².